The summed E-state index contributed by atoms with van der Waals surface area (Å²) < 4.78 is 2.48. The monoisotopic (exact) mass is 852 g/mol. The molecule has 1 aromatic heterocycles. The molecular formula is C61H49BN2S. The van der Waals surface area contributed by atoms with Crippen LogP contribution in [0, 0.1) is 0 Å². The third-order valence-corrected chi connectivity index (χ3v) is 14.9. The molecule has 65 heavy (non-hydrogen) atoms. The van der Waals surface area contributed by atoms with Crippen molar-refractivity contribution in [1.29, 1.82) is 0 Å². The van der Waals surface area contributed by atoms with Gasteiger partial charge >= 0.3 is 0 Å². The van der Waals surface area contributed by atoms with E-state index in [1.807, 2.05) is 11.8 Å². The minimum atomic E-state index is 0.0426. The molecule has 2 nitrogen and oxygen atoms in total. The van der Waals surface area contributed by atoms with Crippen molar-refractivity contribution in [2.75, 3.05) is 4.90 Å². The lowest BCUT2D eigenvalue weighted by Crippen LogP contribution is -2.60. The number of aryl methyl sites for hydroxylation is 1. The minimum absolute atomic E-state index is 0.0426. The van der Waals surface area contributed by atoms with Crippen molar-refractivity contribution < 1.29 is 0 Å². The molecule has 0 fully saturated rings. The second-order valence-corrected chi connectivity index (χ2v) is 18.8. The average molecular weight is 853 g/mol. The van der Waals surface area contributed by atoms with Crippen molar-refractivity contribution in [1.82, 2.24) is 4.57 Å². The van der Waals surface area contributed by atoms with Crippen LogP contribution >= 0.6 is 11.8 Å². The lowest BCUT2D eigenvalue weighted by atomic mass is 9.34. The van der Waals surface area contributed by atoms with Gasteiger partial charge in [0, 0.05) is 48.8 Å². The molecule has 2 aliphatic heterocycles. The van der Waals surface area contributed by atoms with E-state index in [-0.39, 0.29) is 6.71 Å². The van der Waals surface area contributed by atoms with Crippen LogP contribution in [0.3, 0.4) is 0 Å². The van der Waals surface area contributed by atoms with Gasteiger partial charge in [-0.15, -0.1) is 0 Å². The first-order valence-corrected chi connectivity index (χ1v) is 24.3. The zero-order valence-electron chi connectivity index (χ0n) is 36.8. The Kier molecular flexibility index (Phi) is 10.3. The Morgan fingerprint density at radius 1 is 0.446 bits per heavy atom. The standard InChI is InChI=1S/C61H49BN2S/c1-2-3-4-5-9-21-42-38-57-60-59(39-42)65-58-37-34-46(43-22-10-6-11-23-43)40-53(58)62(60)52-36-35-47(63-54-32-18-16-28-50(54)51-29-17-19-33-55(51)63)41-56(52)64(57)61-48(44-24-12-7-13-25-44)30-20-31-49(61)45-26-14-8-15-27-45/h6-8,10-20,22-41H,2-5,9,21H2,1H3. The number of hydrogen-bond donors (Lipinski definition) is 0. The van der Waals surface area contributed by atoms with Gasteiger partial charge in [0.2, 0.25) is 6.71 Å². The molecule has 0 radical (unpaired) electrons. The highest BCUT2D eigenvalue weighted by molar-refractivity contribution is 8.00. The molecule has 0 spiro atoms. The summed E-state index contributed by atoms with van der Waals surface area (Å²) in [6, 6.07) is 77.3. The molecule has 0 saturated carbocycles. The van der Waals surface area contributed by atoms with Crippen LogP contribution in [0.25, 0.3) is 60.9 Å². The van der Waals surface area contributed by atoms with Crippen LogP contribution in [0.15, 0.2) is 216 Å². The number of rotatable bonds is 11. The van der Waals surface area contributed by atoms with Crippen LogP contribution in [0.1, 0.15) is 44.6 Å². The molecule has 4 heteroatoms. The fourth-order valence-electron chi connectivity index (χ4n) is 10.7. The summed E-state index contributed by atoms with van der Waals surface area (Å²) in [6.07, 6.45) is 7.34. The van der Waals surface area contributed by atoms with Crippen molar-refractivity contribution in [2.45, 2.75) is 55.2 Å². The number of para-hydroxylation sites is 3. The zero-order valence-corrected chi connectivity index (χ0v) is 37.6. The maximum Gasteiger partial charge on any atom is 0.249 e. The Hall–Kier alpha value is -7.01. The Balaban J connectivity index is 1.18. The zero-order chi connectivity index (χ0) is 43.3. The summed E-state index contributed by atoms with van der Waals surface area (Å²) in [5, 5.41) is 2.53. The number of fused-ring (bicyclic) bond motifs is 7. The van der Waals surface area contributed by atoms with E-state index in [0.717, 1.165) is 12.1 Å². The van der Waals surface area contributed by atoms with E-state index >= 15 is 0 Å². The van der Waals surface area contributed by atoms with E-state index in [0.29, 0.717) is 0 Å². The molecule has 0 N–H and O–H groups in total. The lowest BCUT2D eigenvalue weighted by molar-refractivity contribution is 0.632. The molecule has 10 aromatic rings. The van der Waals surface area contributed by atoms with Crippen LogP contribution in [0.4, 0.5) is 17.1 Å². The third kappa shape index (κ3) is 6.91. The summed E-state index contributed by atoms with van der Waals surface area (Å²) in [5.41, 5.74) is 20.2. The van der Waals surface area contributed by atoms with E-state index in [1.165, 1.54) is 136 Å². The van der Waals surface area contributed by atoms with Crippen LogP contribution in [0.5, 0.6) is 0 Å². The summed E-state index contributed by atoms with van der Waals surface area (Å²) in [6.45, 7) is 2.35. The maximum atomic E-state index is 2.68. The predicted octanol–water partition coefficient (Wildman–Crippen LogP) is 15.1. The number of nitrogens with zero attached hydrogens (tertiary/aromatic N) is 2. The molecule has 312 valence electrons. The Morgan fingerprint density at radius 3 is 1.72 bits per heavy atom. The number of unbranched alkanes of at least 4 members (excludes halogenated alkanes) is 4. The van der Waals surface area contributed by atoms with Crippen molar-refractivity contribution in [3.63, 3.8) is 0 Å². The first kappa shape index (κ1) is 39.6. The Labute approximate surface area is 387 Å². The molecule has 0 amide bonds. The SMILES string of the molecule is CCCCCCCc1cc2c3c(c1)N(c1c(-c4ccccc4)cccc1-c1ccccc1)c1cc(-n4c5ccccc5c5ccccc54)ccc1B3c1cc(-c3ccccc3)ccc1S2. The fourth-order valence-corrected chi connectivity index (χ4v) is 12.0. The van der Waals surface area contributed by atoms with Gasteiger partial charge in [-0.25, -0.2) is 0 Å². The van der Waals surface area contributed by atoms with Crippen molar-refractivity contribution in [3.8, 4) is 39.1 Å². The fraction of sp³-hybridized carbons (Fsp3) is 0.115. The second-order valence-electron chi connectivity index (χ2n) is 17.7. The highest BCUT2D eigenvalue weighted by atomic mass is 32.2. The van der Waals surface area contributed by atoms with Gasteiger partial charge in [-0.2, -0.15) is 0 Å². The maximum absolute atomic E-state index is 2.68. The van der Waals surface area contributed by atoms with Crippen LogP contribution < -0.4 is 21.3 Å². The van der Waals surface area contributed by atoms with E-state index in [1.54, 1.807) is 0 Å². The van der Waals surface area contributed by atoms with Crippen molar-refractivity contribution in [2.24, 2.45) is 0 Å². The van der Waals surface area contributed by atoms with Gasteiger partial charge in [0.05, 0.1) is 16.7 Å². The van der Waals surface area contributed by atoms with Gasteiger partial charge in [-0.1, -0.05) is 214 Å². The largest absolute Gasteiger partial charge is 0.310 e. The number of benzene rings is 9. The first-order valence-electron chi connectivity index (χ1n) is 23.4. The van der Waals surface area contributed by atoms with Gasteiger partial charge in [-0.05, 0) is 94.0 Å². The summed E-state index contributed by atoms with van der Waals surface area (Å²) >= 11 is 1.96. The van der Waals surface area contributed by atoms with E-state index in [4.69, 9.17) is 0 Å². The molecule has 0 atom stereocenters. The normalized spacial score (nSPS) is 12.6. The van der Waals surface area contributed by atoms with Crippen LogP contribution in [-0.2, 0) is 6.42 Å². The van der Waals surface area contributed by atoms with E-state index < -0.39 is 0 Å². The quantitative estimate of drug-likeness (QED) is 0.0946. The molecule has 9 aromatic carbocycles. The van der Waals surface area contributed by atoms with Gasteiger partial charge in [0.1, 0.15) is 0 Å². The van der Waals surface area contributed by atoms with Crippen molar-refractivity contribution >= 4 is 73.7 Å². The van der Waals surface area contributed by atoms with Gasteiger partial charge < -0.3 is 9.47 Å². The number of anilines is 3. The Bertz CT molecular complexity index is 3260. The van der Waals surface area contributed by atoms with E-state index in [2.05, 4.69) is 223 Å². The molecule has 0 saturated heterocycles. The van der Waals surface area contributed by atoms with Crippen LogP contribution in [0.2, 0.25) is 0 Å². The average Bonchev–Trinajstić information content (AvgIpc) is 3.71. The number of aromatic nitrogens is 1. The first-order chi connectivity index (χ1) is 32.2. The lowest BCUT2D eigenvalue weighted by Gasteiger charge is -2.42. The minimum Gasteiger partial charge on any atom is -0.310 e. The molecule has 0 aliphatic carbocycles. The van der Waals surface area contributed by atoms with Gasteiger partial charge in [0.25, 0.3) is 0 Å². The third-order valence-electron chi connectivity index (χ3n) is 13.8. The smallest absolute Gasteiger partial charge is 0.249 e. The van der Waals surface area contributed by atoms with Crippen molar-refractivity contribution in [3.05, 3.63) is 212 Å². The topological polar surface area (TPSA) is 8.17 Å². The molecule has 12 rings (SSSR count). The Morgan fingerprint density at radius 2 is 1.06 bits per heavy atom. The molecule has 2 aliphatic rings. The molecular weight excluding hydrogens is 804 g/mol. The summed E-state index contributed by atoms with van der Waals surface area (Å²) in [5.74, 6) is 0. The highest BCUT2D eigenvalue weighted by Crippen LogP contribution is 2.50. The molecule has 0 unspecified atom stereocenters. The molecule has 0 bridgehead atoms. The van der Waals surface area contributed by atoms with Crippen LogP contribution in [-0.4, -0.2) is 11.3 Å². The van der Waals surface area contributed by atoms with Gasteiger partial charge in [-0.3, -0.25) is 0 Å². The molecule has 3 heterocycles. The number of hydrogen-bond acceptors (Lipinski definition) is 2. The highest BCUT2D eigenvalue weighted by Gasteiger charge is 2.42. The van der Waals surface area contributed by atoms with E-state index in [9.17, 15) is 0 Å². The summed E-state index contributed by atoms with van der Waals surface area (Å²) in [7, 11) is 0. The second kappa shape index (κ2) is 16.8. The predicted molar refractivity (Wildman–Crippen MR) is 279 cm³/mol. The summed E-state index contributed by atoms with van der Waals surface area (Å²) in [4.78, 5) is 5.39. The van der Waals surface area contributed by atoms with Gasteiger partial charge in [0.15, 0.2) is 0 Å².